The van der Waals surface area contributed by atoms with Crippen molar-refractivity contribution in [3.8, 4) is 6.07 Å². The summed E-state index contributed by atoms with van der Waals surface area (Å²) in [5, 5.41) is 14.4. The lowest BCUT2D eigenvalue weighted by Gasteiger charge is -2.47. The predicted molar refractivity (Wildman–Crippen MR) is 126 cm³/mol. The SMILES string of the molecule is COCCS1=CC(=O)NC2(C1=O)c1cc(C#N)ccc1CC21CCc2ccccc2CC1. The molecular weight excluding hydrogens is 420 g/mol. The second-order valence-electron chi connectivity index (χ2n) is 8.98. The van der Waals surface area contributed by atoms with Crippen molar-refractivity contribution in [3.05, 3.63) is 70.3 Å². The summed E-state index contributed by atoms with van der Waals surface area (Å²) in [6.07, 6.45) is 4.10. The van der Waals surface area contributed by atoms with Crippen LogP contribution < -0.4 is 5.32 Å². The Morgan fingerprint density at radius 1 is 1.09 bits per heavy atom. The molecule has 0 saturated carbocycles. The van der Waals surface area contributed by atoms with Gasteiger partial charge in [-0.3, -0.25) is 9.59 Å². The fourth-order valence-electron chi connectivity index (χ4n) is 5.90. The Bertz CT molecular complexity index is 1170. The summed E-state index contributed by atoms with van der Waals surface area (Å²) in [5.41, 5.74) is 3.55. The monoisotopic (exact) mass is 446 g/mol. The summed E-state index contributed by atoms with van der Waals surface area (Å²) in [6.45, 7) is 0.429. The van der Waals surface area contributed by atoms with Gasteiger partial charge in [0, 0.05) is 23.6 Å². The van der Waals surface area contributed by atoms with Crippen molar-refractivity contribution in [2.45, 2.75) is 37.6 Å². The van der Waals surface area contributed by atoms with Gasteiger partial charge in [0.05, 0.1) is 18.2 Å². The molecule has 1 N–H and O–H groups in total. The van der Waals surface area contributed by atoms with Crippen molar-refractivity contribution >= 4 is 26.9 Å². The number of hydrogen-bond donors (Lipinski definition) is 1. The molecule has 2 aliphatic carbocycles. The molecule has 5 nitrogen and oxygen atoms in total. The number of benzene rings is 2. The van der Waals surface area contributed by atoms with E-state index in [0.29, 0.717) is 17.9 Å². The van der Waals surface area contributed by atoms with E-state index >= 15 is 0 Å². The molecule has 2 atom stereocenters. The number of ether oxygens (including phenoxy) is 1. The van der Waals surface area contributed by atoms with Crippen LogP contribution in [-0.4, -0.2) is 35.9 Å². The molecule has 2 unspecified atom stereocenters. The van der Waals surface area contributed by atoms with Gasteiger partial charge in [-0.25, -0.2) is 0 Å². The molecule has 1 aliphatic heterocycles. The highest BCUT2D eigenvalue weighted by atomic mass is 32.2. The summed E-state index contributed by atoms with van der Waals surface area (Å²) in [7, 11) is 0.781. The van der Waals surface area contributed by atoms with Gasteiger partial charge < -0.3 is 10.1 Å². The number of nitrogens with one attached hydrogen (secondary N) is 1. The van der Waals surface area contributed by atoms with Crippen molar-refractivity contribution < 1.29 is 14.3 Å². The van der Waals surface area contributed by atoms with Gasteiger partial charge in [-0.15, -0.1) is 10.5 Å². The average molecular weight is 447 g/mol. The van der Waals surface area contributed by atoms with Gasteiger partial charge >= 0.3 is 0 Å². The number of aryl methyl sites for hydroxylation is 2. The lowest BCUT2D eigenvalue weighted by molar-refractivity contribution is -0.130. The van der Waals surface area contributed by atoms with Crippen LogP contribution >= 0.6 is 10.5 Å². The maximum Gasteiger partial charge on any atom is 0.251 e. The van der Waals surface area contributed by atoms with Crippen LogP contribution in [0.4, 0.5) is 0 Å². The summed E-state index contributed by atoms with van der Waals surface area (Å²) in [6, 6.07) is 16.3. The van der Waals surface area contributed by atoms with Gasteiger partial charge in [0.1, 0.15) is 5.54 Å². The van der Waals surface area contributed by atoms with Crippen molar-refractivity contribution in [1.29, 1.82) is 5.26 Å². The normalized spacial score (nSPS) is 25.4. The minimum Gasteiger partial charge on any atom is -0.384 e. The first kappa shape index (κ1) is 21.1. The number of carbonyl (C=O) groups excluding carboxylic acids is 2. The zero-order chi connectivity index (χ0) is 22.3. The minimum absolute atomic E-state index is 0.0638. The third-order valence-corrected chi connectivity index (χ3v) is 9.33. The smallest absolute Gasteiger partial charge is 0.251 e. The molecule has 2 aromatic carbocycles. The van der Waals surface area contributed by atoms with Gasteiger partial charge in [-0.1, -0.05) is 30.3 Å². The van der Waals surface area contributed by atoms with Crippen molar-refractivity contribution in [2.24, 2.45) is 5.41 Å². The number of nitrogens with zero attached hydrogens (tertiary/aromatic N) is 1. The Morgan fingerprint density at radius 3 is 2.47 bits per heavy atom. The molecule has 0 saturated heterocycles. The molecule has 164 valence electrons. The van der Waals surface area contributed by atoms with Crippen molar-refractivity contribution in [1.82, 2.24) is 5.32 Å². The lowest BCUT2D eigenvalue weighted by Crippen LogP contribution is -2.62. The number of amides is 1. The molecule has 2 spiro atoms. The molecule has 0 aromatic heterocycles. The number of rotatable bonds is 3. The zero-order valence-electron chi connectivity index (χ0n) is 18.1. The van der Waals surface area contributed by atoms with E-state index in [1.165, 1.54) is 16.5 Å². The van der Waals surface area contributed by atoms with Gasteiger partial charge in [0.25, 0.3) is 5.91 Å². The largest absolute Gasteiger partial charge is 0.384 e. The summed E-state index contributed by atoms with van der Waals surface area (Å²) in [5.74, 6) is 0.314. The molecule has 1 heterocycles. The van der Waals surface area contributed by atoms with E-state index < -0.39 is 21.4 Å². The molecule has 2 aromatic rings. The fourth-order valence-corrected chi connectivity index (χ4v) is 7.74. The molecule has 3 aliphatic rings. The highest BCUT2D eigenvalue weighted by molar-refractivity contribution is 8.28. The quantitative estimate of drug-likeness (QED) is 0.734. The Morgan fingerprint density at radius 2 is 1.81 bits per heavy atom. The fraction of sp³-hybridized carbons (Fsp3) is 0.385. The maximum atomic E-state index is 14.2. The van der Waals surface area contributed by atoms with E-state index in [9.17, 15) is 14.9 Å². The number of hydrogen-bond acceptors (Lipinski definition) is 4. The third kappa shape index (κ3) is 3.07. The van der Waals surface area contributed by atoms with E-state index in [-0.39, 0.29) is 11.0 Å². The molecule has 1 amide bonds. The topological polar surface area (TPSA) is 79.2 Å². The molecule has 0 bridgehead atoms. The van der Waals surface area contributed by atoms with E-state index in [1.54, 1.807) is 7.11 Å². The summed E-state index contributed by atoms with van der Waals surface area (Å²) in [4.78, 5) is 27.3. The zero-order valence-corrected chi connectivity index (χ0v) is 19.0. The van der Waals surface area contributed by atoms with E-state index in [2.05, 4.69) is 35.7 Å². The van der Waals surface area contributed by atoms with Crippen LogP contribution in [0.25, 0.3) is 0 Å². The van der Waals surface area contributed by atoms with Crippen LogP contribution in [0.1, 0.15) is 40.7 Å². The lowest BCUT2D eigenvalue weighted by atomic mass is 9.65. The number of nitriles is 1. The van der Waals surface area contributed by atoms with Gasteiger partial charge in [0.15, 0.2) is 0 Å². The Kier molecular flexibility index (Phi) is 5.27. The van der Waals surface area contributed by atoms with Crippen molar-refractivity contribution in [3.63, 3.8) is 0 Å². The Labute approximate surface area is 190 Å². The number of carbonyl (C=O) groups is 2. The molecular formula is C26H26N2O3S. The molecule has 0 radical (unpaired) electrons. The molecule has 0 fully saturated rings. The standard InChI is InChI=1S/C26H26N2O3S/c1-31-12-13-32-17-23(29)28-26(24(32)30)22-14-18(16-27)6-7-21(22)15-25(26)10-8-19-4-2-3-5-20(19)9-11-25/h2-7,14,17H,8-13,15H2,1H3,(H,28,29). The van der Waals surface area contributed by atoms with Crippen LogP contribution in [-0.2, 0) is 39.1 Å². The van der Waals surface area contributed by atoms with Crippen LogP contribution in [0.3, 0.4) is 0 Å². The van der Waals surface area contributed by atoms with Crippen LogP contribution in [0.5, 0.6) is 0 Å². The van der Waals surface area contributed by atoms with E-state index in [1.807, 2.05) is 18.2 Å². The summed E-state index contributed by atoms with van der Waals surface area (Å²) >= 11 is 0. The Hall–Kier alpha value is -2.75. The molecule has 6 heteroatoms. The molecule has 32 heavy (non-hydrogen) atoms. The maximum absolute atomic E-state index is 14.2. The highest BCUT2D eigenvalue weighted by Crippen LogP contribution is 2.59. The second-order valence-corrected chi connectivity index (χ2v) is 10.9. The third-order valence-electron chi connectivity index (χ3n) is 7.44. The average Bonchev–Trinajstić information content (AvgIpc) is 2.92. The van der Waals surface area contributed by atoms with Gasteiger partial charge in [0.2, 0.25) is 5.12 Å². The van der Waals surface area contributed by atoms with Crippen LogP contribution in [0.2, 0.25) is 0 Å². The highest BCUT2D eigenvalue weighted by Gasteiger charge is 2.63. The number of methoxy groups -OCH3 is 1. The first-order chi connectivity index (χ1) is 15.5. The first-order valence-electron chi connectivity index (χ1n) is 11.0. The Balaban J connectivity index is 1.68. The van der Waals surface area contributed by atoms with E-state index in [4.69, 9.17) is 4.74 Å². The van der Waals surface area contributed by atoms with Gasteiger partial charge in [-0.05, 0) is 66.5 Å². The van der Waals surface area contributed by atoms with E-state index in [0.717, 1.165) is 43.2 Å². The second kappa shape index (κ2) is 7.99. The minimum atomic E-state index is -1.10. The van der Waals surface area contributed by atoms with Crippen LogP contribution in [0.15, 0.2) is 42.5 Å². The molecule has 5 rings (SSSR count). The first-order valence-corrected chi connectivity index (χ1v) is 12.5. The van der Waals surface area contributed by atoms with Crippen LogP contribution in [0, 0.1) is 16.7 Å². The number of fused-ring (bicyclic) bond motifs is 4. The van der Waals surface area contributed by atoms with Gasteiger partial charge in [-0.2, -0.15) is 5.26 Å². The predicted octanol–water partition coefficient (Wildman–Crippen LogP) is 3.25. The summed E-state index contributed by atoms with van der Waals surface area (Å²) < 4.78 is 5.24. The van der Waals surface area contributed by atoms with Crippen molar-refractivity contribution in [2.75, 3.05) is 19.5 Å².